The van der Waals surface area contributed by atoms with E-state index in [2.05, 4.69) is 25.3 Å². The molecule has 2 aromatic rings. The second kappa shape index (κ2) is 4.00. The maximum Gasteiger partial charge on any atom is 0.358 e. The number of aromatic carboxylic acids is 1. The molecule has 5 N–H and O–H groups in total. The second-order valence-electron chi connectivity index (χ2n) is 3.07. The summed E-state index contributed by atoms with van der Waals surface area (Å²) in [5.41, 5.74) is 10.6. The van der Waals surface area contributed by atoms with Gasteiger partial charge >= 0.3 is 5.97 Å². The molecule has 88 valence electrons. The first kappa shape index (κ1) is 10.7. The lowest BCUT2D eigenvalue weighted by Crippen LogP contribution is -2.10. The van der Waals surface area contributed by atoms with Crippen LogP contribution in [0.25, 0.3) is 0 Å². The molecule has 10 heteroatoms. The van der Waals surface area contributed by atoms with Crippen LogP contribution in [0.1, 0.15) is 16.3 Å². The van der Waals surface area contributed by atoms with Gasteiger partial charge in [-0.05, 0) is 0 Å². The Morgan fingerprint density at radius 3 is 2.47 bits per heavy atom. The molecule has 0 aromatic carbocycles. The van der Waals surface area contributed by atoms with Crippen molar-refractivity contribution < 1.29 is 9.90 Å². The molecule has 2 rings (SSSR count). The number of anilines is 2. The van der Waals surface area contributed by atoms with Crippen LogP contribution in [0.4, 0.5) is 11.9 Å². The Kier molecular flexibility index (Phi) is 2.52. The lowest BCUT2D eigenvalue weighted by atomic mass is 10.5. The molecule has 0 saturated heterocycles. The van der Waals surface area contributed by atoms with Crippen LogP contribution in [0.5, 0.6) is 0 Å². The van der Waals surface area contributed by atoms with Crippen LogP contribution in [0.3, 0.4) is 0 Å². The van der Waals surface area contributed by atoms with E-state index in [4.69, 9.17) is 16.6 Å². The van der Waals surface area contributed by atoms with E-state index in [-0.39, 0.29) is 30.0 Å². The number of rotatable bonds is 3. The van der Waals surface area contributed by atoms with Gasteiger partial charge in [-0.1, -0.05) is 5.21 Å². The number of nitrogens with two attached hydrogens (primary N) is 2. The maximum absolute atomic E-state index is 10.6. The van der Waals surface area contributed by atoms with Gasteiger partial charge in [0.15, 0.2) is 11.5 Å². The van der Waals surface area contributed by atoms with Gasteiger partial charge in [0.1, 0.15) is 6.54 Å². The van der Waals surface area contributed by atoms with Crippen LogP contribution in [-0.4, -0.2) is 41.0 Å². The van der Waals surface area contributed by atoms with Crippen LogP contribution in [0.2, 0.25) is 0 Å². The Bertz CT molecular complexity index is 545. The van der Waals surface area contributed by atoms with Gasteiger partial charge in [0.05, 0.1) is 6.20 Å². The lowest BCUT2D eigenvalue weighted by Gasteiger charge is -2.00. The number of aromatic nitrogens is 6. The van der Waals surface area contributed by atoms with Crippen molar-refractivity contribution in [1.29, 1.82) is 0 Å². The zero-order chi connectivity index (χ0) is 12.4. The average Bonchev–Trinajstić information content (AvgIpc) is 2.64. The minimum atomic E-state index is -1.16. The SMILES string of the molecule is Nc1nc(N)nc(Cn2cc(C(=O)O)nn2)n1. The molecule has 0 aliphatic rings. The van der Waals surface area contributed by atoms with Crippen molar-refractivity contribution in [2.24, 2.45) is 0 Å². The number of nitrogens with zero attached hydrogens (tertiary/aromatic N) is 6. The number of hydrogen-bond donors (Lipinski definition) is 3. The molecule has 2 heterocycles. The summed E-state index contributed by atoms with van der Waals surface area (Å²) in [5, 5.41) is 15.7. The fraction of sp³-hybridized carbons (Fsp3) is 0.143. The van der Waals surface area contributed by atoms with E-state index in [1.54, 1.807) is 0 Å². The second-order valence-corrected chi connectivity index (χ2v) is 3.07. The standard InChI is InChI=1S/C7H8N8O2/c8-6-10-4(11-7(9)12-6)2-15-1-3(5(16)17)13-14-15/h1H,2H2,(H,16,17)(H4,8,9,10,11,12). The summed E-state index contributed by atoms with van der Waals surface area (Å²) in [4.78, 5) is 21.8. The average molecular weight is 236 g/mol. The third-order valence-corrected chi connectivity index (χ3v) is 1.78. The summed E-state index contributed by atoms with van der Waals surface area (Å²) in [6.07, 6.45) is 1.25. The normalized spacial score (nSPS) is 10.4. The quantitative estimate of drug-likeness (QED) is 0.568. The van der Waals surface area contributed by atoms with Crippen molar-refractivity contribution >= 4 is 17.9 Å². The van der Waals surface area contributed by atoms with Crippen LogP contribution >= 0.6 is 0 Å². The van der Waals surface area contributed by atoms with Gasteiger partial charge in [-0.25, -0.2) is 9.48 Å². The minimum absolute atomic E-state index is 0.00827. The number of carboxylic acids is 1. The highest BCUT2D eigenvalue weighted by molar-refractivity contribution is 5.84. The topological polar surface area (TPSA) is 159 Å². The fourth-order valence-electron chi connectivity index (χ4n) is 1.15. The van der Waals surface area contributed by atoms with Crippen molar-refractivity contribution in [2.75, 3.05) is 11.5 Å². The highest BCUT2D eigenvalue weighted by atomic mass is 16.4. The predicted octanol–water partition coefficient (Wildman–Crippen LogP) is -1.63. The van der Waals surface area contributed by atoms with E-state index in [1.165, 1.54) is 10.9 Å². The number of hydrogen-bond acceptors (Lipinski definition) is 8. The Balaban J connectivity index is 2.22. The molecule has 10 nitrogen and oxygen atoms in total. The van der Waals surface area contributed by atoms with Gasteiger partial charge in [0, 0.05) is 0 Å². The van der Waals surface area contributed by atoms with Gasteiger partial charge in [-0.3, -0.25) is 0 Å². The van der Waals surface area contributed by atoms with Gasteiger partial charge in [0.25, 0.3) is 0 Å². The first-order chi connectivity index (χ1) is 8.04. The predicted molar refractivity (Wildman–Crippen MR) is 54.7 cm³/mol. The third-order valence-electron chi connectivity index (χ3n) is 1.78. The molecule has 0 unspecified atom stereocenters. The lowest BCUT2D eigenvalue weighted by molar-refractivity contribution is 0.0690. The Hall–Kier alpha value is -2.78. The largest absolute Gasteiger partial charge is 0.476 e. The highest BCUT2D eigenvalue weighted by Gasteiger charge is 2.10. The smallest absolute Gasteiger partial charge is 0.358 e. The van der Waals surface area contributed by atoms with E-state index in [9.17, 15) is 4.79 Å². The molecule has 0 spiro atoms. The molecule has 0 saturated carbocycles. The molecule has 2 aromatic heterocycles. The summed E-state index contributed by atoms with van der Waals surface area (Å²) in [5.74, 6) is -0.903. The van der Waals surface area contributed by atoms with Crippen molar-refractivity contribution in [1.82, 2.24) is 29.9 Å². The first-order valence-corrected chi connectivity index (χ1v) is 4.44. The van der Waals surface area contributed by atoms with E-state index < -0.39 is 5.97 Å². The van der Waals surface area contributed by atoms with Crippen LogP contribution in [-0.2, 0) is 6.54 Å². The van der Waals surface area contributed by atoms with E-state index in [0.29, 0.717) is 0 Å². The number of carboxylic acid groups (broad SMARTS) is 1. The zero-order valence-electron chi connectivity index (χ0n) is 8.48. The first-order valence-electron chi connectivity index (χ1n) is 4.44. The molecule has 0 fully saturated rings. The summed E-state index contributed by atoms with van der Waals surface area (Å²) in [6.45, 7) is 0.108. The zero-order valence-corrected chi connectivity index (χ0v) is 8.48. The van der Waals surface area contributed by atoms with E-state index in [0.717, 1.165) is 0 Å². The molecule has 0 radical (unpaired) electrons. The monoisotopic (exact) mass is 236 g/mol. The van der Waals surface area contributed by atoms with Crippen LogP contribution in [0.15, 0.2) is 6.20 Å². The molecule has 0 aliphatic carbocycles. The van der Waals surface area contributed by atoms with E-state index >= 15 is 0 Å². The van der Waals surface area contributed by atoms with Gasteiger partial charge < -0.3 is 16.6 Å². The Labute approximate surface area is 94.3 Å². The molecular weight excluding hydrogens is 228 g/mol. The van der Waals surface area contributed by atoms with Crippen molar-refractivity contribution in [2.45, 2.75) is 6.54 Å². The summed E-state index contributed by atoms with van der Waals surface area (Å²) >= 11 is 0. The maximum atomic E-state index is 10.6. The Morgan fingerprint density at radius 1 is 1.29 bits per heavy atom. The number of carbonyl (C=O) groups is 1. The minimum Gasteiger partial charge on any atom is -0.476 e. The molecule has 0 aliphatic heterocycles. The summed E-state index contributed by atoms with van der Waals surface area (Å²) < 4.78 is 1.26. The summed E-state index contributed by atoms with van der Waals surface area (Å²) in [7, 11) is 0. The number of nitrogen functional groups attached to an aromatic ring is 2. The van der Waals surface area contributed by atoms with E-state index in [1.807, 2.05) is 0 Å². The molecular formula is C7H8N8O2. The van der Waals surface area contributed by atoms with Gasteiger partial charge in [0.2, 0.25) is 11.9 Å². The summed E-state index contributed by atoms with van der Waals surface area (Å²) in [6, 6.07) is 0. The third kappa shape index (κ3) is 2.42. The van der Waals surface area contributed by atoms with Crippen molar-refractivity contribution in [3.8, 4) is 0 Å². The molecule has 0 bridgehead atoms. The molecule has 0 amide bonds. The molecule has 0 atom stereocenters. The van der Waals surface area contributed by atoms with Gasteiger partial charge in [-0.15, -0.1) is 5.10 Å². The van der Waals surface area contributed by atoms with Crippen molar-refractivity contribution in [3.05, 3.63) is 17.7 Å². The Morgan fingerprint density at radius 2 is 1.94 bits per heavy atom. The highest BCUT2D eigenvalue weighted by Crippen LogP contribution is 2.01. The van der Waals surface area contributed by atoms with Gasteiger partial charge in [-0.2, -0.15) is 15.0 Å². The van der Waals surface area contributed by atoms with Crippen molar-refractivity contribution in [3.63, 3.8) is 0 Å². The molecule has 17 heavy (non-hydrogen) atoms. The van der Waals surface area contributed by atoms with Crippen LogP contribution in [0, 0.1) is 0 Å². The van der Waals surface area contributed by atoms with Crippen LogP contribution < -0.4 is 11.5 Å². The fourth-order valence-corrected chi connectivity index (χ4v) is 1.15.